The summed E-state index contributed by atoms with van der Waals surface area (Å²) >= 11 is 0. The molecular weight excluding hydrogens is 555 g/mol. The lowest BCUT2D eigenvalue weighted by Gasteiger charge is -2.22. The summed E-state index contributed by atoms with van der Waals surface area (Å²) in [5.74, 6) is 0.305. The van der Waals surface area contributed by atoms with E-state index in [1.807, 2.05) is 0 Å². The first kappa shape index (κ1) is 26.7. The smallest absolute Gasteiger partial charge is 0.0541 e. The van der Waals surface area contributed by atoms with Gasteiger partial charge in [0.2, 0.25) is 0 Å². The molecule has 1 aliphatic rings. The molecule has 0 amide bonds. The second-order valence-electron chi connectivity index (χ2n) is 12.4. The van der Waals surface area contributed by atoms with Crippen LogP contribution in [0.1, 0.15) is 29.0 Å². The zero-order valence-corrected chi connectivity index (χ0v) is 25.6. The molecule has 8 aromatic rings. The van der Waals surface area contributed by atoms with Crippen LogP contribution in [0.4, 0.5) is 0 Å². The average molecular weight is 588 g/mol. The van der Waals surface area contributed by atoms with Crippen LogP contribution in [0.25, 0.3) is 60.9 Å². The molecule has 1 aromatic heterocycles. The highest BCUT2D eigenvalue weighted by atomic mass is 15.0. The second-order valence-corrected chi connectivity index (χ2v) is 12.4. The van der Waals surface area contributed by atoms with Crippen molar-refractivity contribution in [3.63, 3.8) is 0 Å². The molecule has 0 fully saturated rings. The van der Waals surface area contributed by atoms with Crippen molar-refractivity contribution in [1.29, 1.82) is 0 Å². The van der Waals surface area contributed by atoms with Crippen molar-refractivity contribution < 1.29 is 0 Å². The Balaban J connectivity index is 1.22. The van der Waals surface area contributed by atoms with E-state index in [0.717, 1.165) is 12.8 Å². The Kier molecular flexibility index (Phi) is 6.42. The van der Waals surface area contributed by atoms with Gasteiger partial charge in [-0.2, -0.15) is 0 Å². The molecular formula is C45H33N. The minimum Gasteiger partial charge on any atom is -0.309 e. The van der Waals surface area contributed by atoms with Crippen LogP contribution < -0.4 is 0 Å². The summed E-state index contributed by atoms with van der Waals surface area (Å²) in [5.41, 5.74) is 15.7. The van der Waals surface area contributed by atoms with E-state index in [1.165, 1.54) is 77.6 Å². The lowest BCUT2D eigenvalue weighted by atomic mass is 9.81. The number of benzene rings is 7. The Morgan fingerprint density at radius 3 is 1.91 bits per heavy atom. The maximum absolute atomic E-state index is 2.45. The molecule has 1 heterocycles. The van der Waals surface area contributed by atoms with Gasteiger partial charge >= 0.3 is 0 Å². The summed E-state index contributed by atoms with van der Waals surface area (Å²) in [6.45, 7) is 0. The number of aromatic nitrogens is 1. The minimum atomic E-state index is 0.305. The van der Waals surface area contributed by atoms with Crippen LogP contribution in [0.5, 0.6) is 0 Å². The third kappa shape index (κ3) is 4.39. The van der Waals surface area contributed by atoms with Gasteiger partial charge in [0.15, 0.2) is 0 Å². The van der Waals surface area contributed by atoms with Gasteiger partial charge in [-0.25, -0.2) is 0 Å². The van der Waals surface area contributed by atoms with Gasteiger partial charge in [0, 0.05) is 22.4 Å². The second kappa shape index (κ2) is 11.1. The van der Waals surface area contributed by atoms with Crippen LogP contribution in [0, 0.1) is 0 Å². The van der Waals surface area contributed by atoms with E-state index >= 15 is 0 Å². The monoisotopic (exact) mass is 587 g/mol. The molecule has 1 heteroatoms. The number of aryl methyl sites for hydroxylation is 1. The van der Waals surface area contributed by atoms with Gasteiger partial charge in [-0.1, -0.05) is 133 Å². The zero-order valence-electron chi connectivity index (χ0n) is 25.6. The highest BCUT2D eigenvalue weighted by molar-refractivity contribution is 6.10. The van der Waals surface area contributed by atoms with Crippen molar-refractivity contribution in [3.05, 3.63) is 187 Å². The standard InChI is InChI=1S/C45H33N/c1-3-13-31(14-4-1)36-18-9-10-20-38(36)39-26-23-32-15-7-8-19-37(32)42-29-33(24-27-40(39)42)34-25-28-45-43(30-34)41-21-11-12-22-44(41)46(45)35-16-5-2-6-17-35/h1-22,24-25,27-30,39H,23,26H2/t39-/m0/s1. The Hall–Kier alpha value is -5.66. The fourth-order valence-corrected chi connectivity index (χ4v) is 7.74. The van der Waals surface area contributed by atoms with Crippen molar-refractivity contribution in [2.45, 2.75) is 18.8 Å². The zero-order chi connectivity index (χ0) is 30.5. The number of rotatable bonds is 4. The summed E-state index contributed by atoms with van der Waals surface area (Å²) in [5, 5.41) is 2.56. The topological polar surface area (TPSA) is 4.93 Å². The molecule has 218 valence electrons. The van der Waals surface area contributed by atoms with E-state index < -0.39 is 0 Å². The van der Waals surface area contributed by atoms with Crippen LogP contribution in [-0.4, -0.2) is 4.57 Å². The number of hydrogen-bond donors (Lipinski definition) is 0. The molecule has 1 aliphatic carbocycles. The summed E-state index contributed by atoms with van der Waals surface area (Å²) in [7, 11) is 0. The van der Waals surface area contributed by atoms with Crippen molar-refractivity contribution in [3.8, 4) is 39.1 Å². The van der Waals surface area contributed by atoms with Crippen LogP contribution in [0.2, 0.25) is 0 Å². The number of fused-ring (bicyclic) bond motifs is 6. The molecule has 7 aromatic carbocycles. The van der Waals surface area contributed by atoms with E-state index in [9.17, 15) is 0 Å². The third-order valence-corrected chi connectivity index (χ3v) is 9.88. The molecule has 0 saturated heterocycles. The molecule has 0 unspecified atom stereocenters. The summed E-state index contributed by atoms with van der Waals surface area (Å²) in [4.78, 5) is 0. The van der Waals surface area contributed by atoms with Crippen molar-refractivity contribution in [1.82, 2.24) is 4.57 Å². The molecule has 1 nitrogen and oxygen atoms in total. The third-order valence-electron chi connectivity index (χ3n) is 9.88. The van der Waals surface area contributed by atoms with E-state index in [1.54, 1.807) is 0 Å². The van der Waals surface area contributed by atoms with E-state index in [2.05, 4.69) is 174 Å². The van der Waals surface area contributed by atoms with Crippen LogP contribution in [0.15, 0.2) is 170 Å². The maximum atomic E-state index is 2.45. The molecule has 0 N–H and O–H groups in total. The predicted molar refractivity (Wildman–Crippen MR) is 194 cm³/mol. The quantitative estimate of drug-likeness (QED) is 0.193. The molecule has 0 spiro atoms. The predicted octanol–water partition coefficient (Wildman–Crippen LogP) is 11.9. The number of nitrogens with zero attached hydrogens (tertiary/aromatic N) is 1. The summed E-state index contributed by atoms with van der Waals surface area (Å²) in [6, 6.07) is 62.6. The highest BCUT2D eigenvalue weighted by Gasteiger charge is 2.26. The van der Waals surface area contributed by atoms with Crippen molar-refractivity contribution in [2.24, 2.45) is 0 Å². The molecule has 0 aliphatic heterocycles. The van der Waals surface area contributed by atoms with E-state index in [0.29, 0.717) is 5.92 Å². The number of para-hydroxylation sites is 2. The van der Waals surface area contributed by atoms with Gasteiger partial charge in [0.05, 0.1) is 11.0 Å². The van der Waals surface area contributed by atoms with Gasteiger partial charge in [0.25, 0.3) is 0 Å². The van der Waals surface area contributed by atoms with E-state index in [-0.39, 0.29) is 0 Å². The molecule has 1 atom stereocenters. The number of hydrogen-bond acceptors (Lipinski definition) is 0. The van der Waals surface area contributed by atoms with Gasteiger partial charge in [-0.3, -0.25) is 0 Å². The van der Waals surface area contributed by atoms with Crippen molar-refractivity contribution in [2.75, 3.05) is 0 Å². The van der Waals surface area contributed by atoms with Crippen LogP contribution in [-0.2, 0) is 6.42 Å². The Labute approximate surface area is 270 Å². The highest BCUT2D eigenvalue weighted by Crippen LogP contribution is 2.45. The summed E-state index contributed by atoms with van der Waals surface area (Å²) in [6.07, 6.45) is 2.14. The fourth-order valence-electron chi connectivity index (χ4n) is 7.74. The molecule has 0 radical (unpaired) electrons. The molecule has 9 rings (SSSR count). The fraction of sp³-hybridized carbons (Fsp3) is 0.0667. The van der Waals surface area contributed by atoms with Crippen LogP contribution in [0.3, 0.4) is 0 Å². The van der Waals surface area contributed by atoms with Gasteiger partial charge in [-0.05, 0) is 99.3 Å². The molecule has 0 bridgehead atoms. The minimum absolute atomic E-state index is 0.305. The maximum Gasteiger partial charge on any atom is 0.0541 e. The summed E-state index contributed by atoms with van der Waals surface area (Å²) < 4.78 is 2.39. The van der Waals surface area contributed by atoms with Crippen molar-refractivity contribution >= 4 is 21.8 Å². The average Bonchev–Trinajstić information content (AvgIpc) is 3.37. The first-order valence-corrected chi connectivity index (χ1v) is 16.3. The van der Waals surface area contributed by atoms with Gasteiger partial charge in [-0.15, -0.1) is 0 Å². The normalized spacial score (nSPS) is 14.1. The Morgan fingerprint density at radius 1 is 0.413 bits per heavy atom. The SMILES string of the molecule is c1ccc(-c2ccccc2[C@@H]2CCc3ccccc3-c3cc(-c4ccc5c(c4)c4ccccc4n5-c4ccccc4)ccc32)cc1. The lowest BCUT2D eigenvalue weighted by molar-refractivity contribution is 0.727. The van der Waals surface area contributed by atoms with E-state index in [4.69, 9.17) is 0 Å². The molecule has 0 saturated carbocycles. The van der Waals surface area contributed by atoms with Gasteiger partial charge < -0.3 is 4.57 Å². The first-order valence-electron chi connectivity index (χ1n) is 16.3. The van der Waals surface area contributed by atoms with Gasteiger partial charge in [0.1, 0.15) is 0 Å². The Morgan fingerprint density at radius 2 is 1.04 bits per heavy atom. The largest absolute Gasteiger partial charge is 0.309 e. The molecule has 46 heavy (non-hydrogen) atoms. The Bertz CT molecular complexity index is 2360. The van der Waals surface area contributed by atoms with Crippen LogP contribution >= 0.6 is 0 Å². The lowest BCUT2D eigenvalue weighted by Crippen LogP contribution is -2.04. The first-order chi connectivity index (χ1) is 22.8.